The number of aryl methyl sites for hydroxylation is 2. The van der Waals surface area contributed by atoms with Crippen LogP contribution in [0.5, 0.6) is 11.5 Å². The molecule has 0 atom stereocenters. The zero-order chi connectivity index (χ0) is 36.0. The molecule has 3 aliphatic heterocycles. The van der Waals surface area contributed by atoms with Crippen LogP contribution in [0.4, 0.5) is 0 Å². The molecular weight excluding hydrogens is 729 g/mol. The van der Waals surface area contributed by atoms with Gasteiger partial charge >= 0.3 is 21.4 Å². The van der Waals surface area contributed by atoms with Crippen molar-refractivity contribution in [3.8, 4) is 11.5 Å². The van der Waals surface area contributed by atoms with Crippen LogP contribution in [0.25, 0.3) is 5.57 Å². The first-order valence-electron chi connectivity index (χ1n) is 15.9. The number of carbonyl (C=O) groups excluding carboxylic acids is 1. The third-order valence-corrected chi connectivity index (χ3v) is 10.8. The normalized spacial score (nSPS) is 20.3. The summed E-state index contributed by atoms with van der Waals surface area (Å²) in [5.41, 5.74) is 3.84. The molecule has 0 aliphatic carbocycles. The fourth-order valence-corrected chi connectivity index (χ4v) is 6.25. The molecular formula is C34H49B3Br2O8. The summed E-state index contributed by atoms with van der Waals surface area (Å²) in [6.45, 7) is 27.6. The largest absolute Gasteiger partial charge is 0.555 e. The Balaban J connectivity index is 0.000000199. The third-order valence-electron chi connectivity index (χ3n) is 9.88. The van der Waals surface area contributed by atoms with E-state index in [1.165, 1.54) is 6.92 Å². The smallest absolute Gasteiger partial charge is 0.532 e. The summed E-state index contributed by atoms with van der Waals surface area (Å²) >= 11 is 6.72. The predicted molar refractivity (Wildman–Crippen MR) is 198 cm³/mol. The number of rotatable bonds is 3. The Hall–Kier alpha value is -1.60. The van der Waals surface area contributed by atoms with Crippen molar-refractivity contribution >= 4 is 64.6 Å². The zero-order valence-corrected chi connectivity index (χ0v) is 33.4. The minimum Gasteiger partial charge on any atom is -0.532 e. The van der Waals surface area contributed by atoms with Gasteiger partial charge in [-0.15, -0.1) is 0 Å². The second-order valence-electron chi connectivity index (χ2n) is 14.7. The van der Waals surface area contributed by atoms with E-state index in [1.54, 1.807) is 19.1 Å². The second-order valence-corrected chi connectivity index (χ2v) is 16.5. The first kappa shape index (κ1) is 39.8. The summed E-state index contributed by atoms with van der Waals surface area (Å²) in [5, 5.41) is 19.1. The number of benzene rings is 2. The predicted octanol–water partition coefficient (Wildman–Crippen LogP) is 8.73. The highest BCUT2D eigenvalue weighted by Crippen LogP contribution is 2.45. The van der Waals surface area contributed by atoms with Crippen LogP contribution in [0.3, 0.4) is 0 Å². The van der Waals surface area contributed by atoms with E-state index in [0.29, 0.717) is 11.1 Å². The number of aromatic hydroxyl groups is 1. The first-order chi connectivity index (χ1) is 21.3. The van der Waals surface area contributed by atoms with E-state index in [4.69, 9.17) is 23.3 Å². The molecule has 256 valence electrons. The molecule has 13 heteroatoms. The fraction of sp³-hybridized carbons (Fsp3) is 0.559. The van der Waals surface area contributed by atoms with Crippen LogP contribution in [0.2, 0.25) is 5.72 Å². The lowest BCUT2D eigenvalue weighted by molar-refractivity contribution is 0.00578. The van der Waals surface area contributed by atoms with Gasteiger partial charge in [0.15, 0.2) is 5.78 Å². The molecule has 2 saturated heterocycles. The Morgan fingerprint density at radius 2 is 1.15 bits per heavy atom. The molecule has 0 unspecified atom stereocenters. The highest BCUT2D eigenvalue weighted by molar-refractivity contribution is 9.10. The van der Waals surface area contributed by atoms with Crippen molar-refractivity contribution in [1.82, 2.24) is 0 Å². The number of halogens is 2. The van der Waals surface area contributed by atoms with Gasteiger partial charge in [-0.3, -0.25) is 4.79 Å². The molecule has 5 rings (SSSR count). The van der Waals surface area contributed by atoms with Gasteiger partial charge in [0.2, 0.25) is 0 Å². The maximum atomic E-state index is 11.0. The van der Waals surface area contributed by atoms with E-state index in [2.05, 4.69) is 94.2 Å². The van der Waals surface area contributed by atoms with E-state index in [9.17, 15) is 14.9 Å². The number of allylic oxidation sites excluding steroid dienone is 2. The summed E-state index contributed by atoms with van der Waals surface area (Å²) in [6, 6.07) is 7.39. The molecule has 2 aromatic rings. The molecule has 0 spiro atoms. The Kier molecular flexibility index (Phi) is 12.1. The molecule has 3 heterocycles. The summed E-state index contributed by atoms with van der Waals surface area (Å²) in [6.07, 6.45) is 0. The van der Waals surface area contributed by atoms with Crippen LogP contribution in [-0.2, 0) is 18.6 Å². The van der Waals surface area contributed by atoms with Crippen molar-refractivity contribution in [2.45, 2.75) is 125 Å². The molecule has 2 aromatic carbocycles. The number of hydrogen-bond acceptors (Lipinski definition) is 8. The molecule has 2 N–H and O–H groups in total. The van der Waals surface area contributed by atoms with Crippen LogP contribution in [0.15, 0.2) is 38.7 Å². The maximum absolute atomic E-state index is 11.0. The number of ketones is 1. The fourth-order valence-electron chi connectivity index (χ4n) is 5.10. The van der Waals surface area contributed by atoms with Crippen molar-refractivity contribution in [3.05, 3.63) is 60.9 Å². The molecule has 0 radical (unpaired) electrons. The molecule has 0 bridgehead atoms. The standard InChI is InChI=1S/C14H28B2O4.C11H12BBrO2.C9H9BrO2/c1-10(15-17-11(2,3)12(4,5)18-15)16-19-13(6,7)14(8,9)20-16;1-6-4-9(13)5-10-7(2)8(3)12(14)15-11(6)10;1-5-3-7(10)4-8(6(2)11)9(5)12/h10H,1-9H3;4-5,14H,1-3H3;3-4,12H,1-2H3. The summed E-state index contributed by atoms with van der Waals surface area (Å²) < 4.78 is 31.7. The topological polar surface area (TPSA) is 104 Å². The lowest BCUT2D eigenvalue weighted by atomic mass is 9.53. The van der Waals surface area contributed by atoms with Gasteiger partial charge in [0, 0.05) is 20.2 Å². The molecule has 2 fully saturated rings. The van der Waals surface area contributed by atoms with E-state index < -0.39 is 7.12 Å². The Morgan fingerprint density at radius 1 is 0.745 bits per heavy atom. The molecule has 3 aliphatic rings. The SMILES string of the molecule is CC(=O)c1cc(Br)cc(C)c1O.CC(B1OC(C)(C)C(C)(C)O1)B1OC(C)(C)C(C)(C)O1.CC1=C(C)c2cc(Br)cc(C)c2OB1O. The van der Waals surface area contributed by atoms with E-state index in [1.807, 2.05) is 32.9 Å². The third kappa shape index (κ3) is 8.59. The lowest BCUT2D eigenvalue weighted by Crippen LogP contribution is -2.41. The number of phenols is 1. The van der Waals surface area contributed by atoms with Crippen molar-refractivity contribution in [2.24, 2.45) is 0 Å². The lowest BCUT2D eigenvalue weighted by Gasteiger charge is -2.32. The quantitative estimate of drug-likeness (QED) is 0.236. The van der Waals surface area contributed by atoms with Crippen LogP contribution < -0.4 is 4.65 Å². The number of carbonyl (C=O) groups is 1. The molecule has 47 heavy (non-hydrogen) atoms. The highest BCUT2D eigenvalue weighted by atomic mass is 79.9. The zero-order valence-electron chi connectivity index (χ0n) is 30.2. The van der Waals surface area contributed by atoms with Gasteiger partial charge in [-0.1, -0.05) is 38.8 Å². The molecule has 0 aromatic heterocycles. The second kappa shape index (κ2) is 14.3. The number of hydrogen-bond donors (Lipinski definition) is 2. The van der Waals surface area contributed by atoms with Gasteiger partial charge in [-0.05, 0) is 136 Å². The van der Waals surface area contributed by atoms with Crippen molar-refractivity contribution < 1.29 is 38.2 Å². The van der Waals surface area contributed by atoms with Crippen LogP contribution >= 0.6 is 31.9 Å². The summed E-state index contributed by atoms with van der Waals surface area (Å²) in [4.78, 5) is 11.0. The van der Waals surface area contributed by atoms with E-state index in [0.717, 1.165) is 36.9 Å². The maximum Gasteiger partial charge on any atom is 0.555 e. The van der Waals surface area contributed by atoms with Gasteiger partial charge < -0.3 is 33.4 Å². The van der Waals surface area contributed by atoms with Gasteiger partial charge in [0.1, 0.15) is 11.5 Å². The highest BCUT2D eigenvalue weighted by Gasteiger charge is 2.60. The molecule has 0 amide bonds. The Labute approximate surface area is 299 Å². The Bertz CT molecular complexity index is 1470. The van der Waals surface area contributed by atoms with E-state index in [-0.39, 0.29) is 53.9 Å². The van der Waals surface area contributed by atoms with Crippen LogP contribution in [-0.4, -0.2) is 59.7 Å². The van der Waals surface area contributed by atoms with Gasteiger partial charge in [0.05, 0.1) is 28.0 Å². The number of Topliss-reactive ketones (excluding diaryl/α,β-unsaturated/α-hetero) is 1. The van der Waals surface area contributed by atoms with Crippen LogP contribution in [0, 0.1) is 13.8 Å². The van der Waals surface area contributed by atoms with Crippen LogP contribution in [0.1, 0.15) is 110 Å². The minimum absolute atomic E-state index is 0.0112. The number of fused-ring (bicyclic) bond motifs is 1. The van der Waals surface area contributed by atoms with Crippen molar-refractivity contribution in [1.29, 1.82) is 0 Å². The summed E-state index contributed by atoms with van der Waals surface area (Å²) in [7, 11) is -1.43. The Morgan fingerprint density at radius 3 is 1.57 bits per heavy atom. The van der Waals surface area contributed by atoms with Gasteiger partial charge in [0.25, 0.3) is 0 Å². The summed E-state index contributed by atoms with van der Waals surface area (Å²) in [5.74, 6) is 0.733. The molecule has 8 nitrogen and oxygen atoms in total. The average molecular weight is 778 g/mol. The minimum atomic E-state index is -0.808. The van der Waals surface area contributed by atoms with Crippen molar-refractivity contribution in [2.75, 3.05) is 0 Å². The van der Waals surface area contributed by atoms with E-state index >= 15 is 0 Å². The monoisotopic (exact) mass is 776 g/mol. The van der Waals surface area contributed by atoms with Gasteiger partial charge in [-0.25, -0.2) is 0 Å². The number of phenolic OH excluding ortho intramolecular Hbond substituents is 1. The average Bonchev–Trinajstić information content (AvgIpc) is 3.29. The molecule has 0 saturated carbocycles. The van der Waals surface area contributed by atoms with Crippen molar-refractivity contribution in [3.63, 3.8) is 0 Å². The van der Waals surface area contributed by atoms with Gasteiger partial charge in [-0.2, -0.15) is 0 Å². The first-order valence-corrected chi connectivity index (χ1v) is 17.4.